The van der Waals surface area contributed by atoms with Crippen molar-refractivity contribution in [2.24, 2.45) is 5.73 Å². The van der Waals surface area contributed by atoms with Crippen LogP contribution in [0.1, 0.15) is 5.56 Å². The van der Waals surface area contributed by atoms with E-state index < -0.39 is 14.9 Å². The van der Waals surface area contributed by atoms with Gasteiger partial charge in [0.05, 0.1) is 11.2 Å². The summed E-state index contributed by atoms with van der Waals surface area (Å²) < 4.78 is 24.0. The predicted molar refractivity (Wildman–Crippen MR) is 59.5 cm³/mol. The average Bonchev–Trinajstić information content (AvgIpc) is 2.15. The fourth-order valence-electron chi connectivity index (χ4n) is 1.14. The smallest absolute Gasteiger partial charge is 0.293 e. The number of nitro benzene ring substituents is 1. The SMILES string of the molecule is CS(=O)(=O)Nc1ccc(CN)cc1[N+](=O)[O-]. The van der Waals surface area contributed by atoms with Gasteiger partial charge in [0.1, 0.15) is 5.69 Å². The van der Waals surface area contributed by atoms with Crippen LogP contribution in [0.3, 0.4) is 0 Å². The lowest BCUT2D eigenvalue weighted by atomic mass is 10.2. The maximum absolute atomic E-state index is 11.0. The van der Waals surface area contributed by atoms with Crippen molar-refractivity contribution < 1.29 is 13.3 Å². The van der Waals surface area contributed by atoms with Gasteiger partial charge in [0.15, 0.2) is 0 Å². The molecule has 7 nitrogen and oxygen atoms in total. The van der Waals surface area contributed by atoms with E-state index in [2.05, 4.69) is 4.72 Å². The van der Waals surface area contributed by atoms with Gasteiger partial charge >= 0.3 is 0 Å². The van der Waals surface area contributed by atoms with Crippen LogP contribution in [0.4, 0.5) is 11.4 Å². The summed E-state index contributed by atoms with van der Waals surface area (Å²) in [6, 6.07) is 4.09. The van der Waals surface area contributed by atoms with Gasteiger partial charge in [0.2, 0.25) is 10.0 Å². The van der Waals surface area contributed by atoms with Crippen LogP contribution >= 0.6 is 0 Å². The van der Waals surface area contributed by atoms with E-state index >= 15 is 0 Å². The van der Waals surface area contributed by atoms with Crippen LogP contribution in [0.15, 0.2) is 18.2 Å². The molecule has 88 valence electrons. The first-order chi connectivity index (χ1) is 7.33. The molecule has 3 N–H and O–H groups in total. The predicted octanol–water partition coefficient (Wildman–Crippen LogP) is 0.425. The van der Waals surface area contributed by atoms with Gasteiger partial charge < -0.3 is 5.73 Å². The normalized spacial score (nSPS) is 11.1. The van der Waals surface area contributed by atoms with E-state index in [1.54, 1.807) is 0 Å². The highest BCUT2D eigenvalue weighted by molar-refractivity contribution is 7.92. The van der Waals surface area contributed by atoms with Crippen LogP contribution in [0.2, 0.25) is 0 Å². The highest BCUT2D eigenvalue weighted by Crippen LogP contribution is 2.26. The fourth-order valence-corrected chi connectivity index (χ4v) is 1.71. The highest BCUT2D eigenvalue weighted by Gasteiger charge is 2.16. The molecule has 0 saturated heterocycles. The topological polar surface area (TPSA) is 115 Å². The Morgan fingerprint density at radius 2 is 2.12 bits per heavy atom. The molecule has 0 bridgehead atoms. The van der Waals surface area contributed by atoms with Crippen LogP contribution in [-0.2, 0) is 16.6 Å². The standard InChI is InChI=1S/C8H11N3O4S/c1-16(14,15)10-7-3-2-6(5-9)4-8(7)11(12)13/h2-4,10H,5,9H2,1H3. The monoisotopic (exact) mass is 245 g/mol. The first kappa shape index (κ1) is 12.4. The van der Waals surface area contributed by atoms with Crippen molar-refractivity contribution in [3.63, 3.8) is 0 Å². The molecular weight excluding hydrogens is 234 g/mol. The number of nitrogens with zero attached hydrogens (tertiary/aromatic N) is 1. The van der Waals surface area contributed by atoms with Crippen molar-refractivity contribution in [3.8, 4) is 0 Å². The molecule has 0 spiro atoms. The van der Waals surface area contributed by atoms with Crippen LogP contribution in [0.25, 0.3) is 0 Å². The van der Waals surface area contributed by atoms with Crippen molar-refractivity contribution in [1.82, 2.24) is 0 Å². The number of anilines is 1. The molecule has 16 heavy (non-hydrogen) atoms. The van der Waals surface area contributed by atoms with Crippen molar-refractivity contribution in [1.29, 1.82) is 0 Å². The maximum atomic E-state index is 11.0. The van der Waals surface area contributed by atoms with E-state index in [1.165, 1.54) is 18.2 Å². The second-order valence-corrected chi connectivity index (χ2v) is 4.94. The zero-order valence-corrected chi connectivity index (χ0v) is 9.32. The quantitative estimate of drug-likeness (QED) is 0.589. The number of rotatable bonds is 4. The molecule has 0 unspecified atom stereocenters. The van der Waals surface area contributed by atoms with E-state index in [1.807, 2.05) is 0 Å². The second kappa shape index (κ2) is 4.45. The van der Waals surface area contributed by atoms with E-state index in [0.29, 0.717) is 5.56 Å². The van der Waals surface area contributed by atoms with E-state index in [-0.39, 0.29) is 17.9 Å². The van der Waals surface area contributed by atoms with Gasteiger partial charge in [-0.2, -0.15) is 0 Å². The first-order valence-electron chi connectivity index (χ1n) is 4.28. The minimum absolute atomic E-state index is 0.0651. The van der Waals surface area contributed by atoms with Crippen LogP contribution < -0.4 is 10.5 Å². The molecule has 0 saturated carbocycles. The Bertz CT molecular complexity index is 512. The number of nitrogens with one attached hydrogen (secondary N) is 1. The summed E-state index contributed by atoms with van der Waals surface area (Å²) in [6.45, 7) is 0.153. The molecule has 0 aliphatic rings. The van der Waals surface area contributed by atoms with Gasteiger partial charge in [-0.3, -0.25) is 14.8 Å². The molecule has 0 aromatic heterocycles. The Hall–Kier alpha value is -1.67. The summed E-state index contributed by atoms with van der Waals surface area (Å²) in [7, 11) is -3.54. The van der Waals surface area contributed by atoms with E-state index in [4.69, 9.17) is 5.73 Å². The number of hydrogen-bond donors (Lipinski definition) is 2. The Morgan fingerprint density at radius 1 is 1.50 bits per heavy atom. The van der Waals surface area contributed by atoms with E-state index in [9.17, 15) is 18.5 Å². The molecule has 1 rings (SSSR count). The van der Waals surface area contributed by atoms with Crippen LogP contribution in [0.5, 0.6) is 0 Å². The number of benzene rings is 1. The van der Waals surface area contributed by atoms with Gasteiger partial charge in [-0.25, -0.2) is 8.42 Å². The lowest BCUT2D eigenvalue weighted by Gasteiger charge is -2.05. The van der Waals surface area contributed by atoms with Crippen LogP contribution in [-0.4, -0.2) is 19.6 Å². The Labute approximate surface area is 92.5 Å². The number of sulfonamides is 1. The molecule has 0 radical (unpaired) electrons. The molecule has 0 fully saturated rings. The Balaban J connectivity index is 3.23. The lowest BCUT2D eigenvalue weighted by molar-refractivity contribution is -0.383. The van der Waals surface area contributed by atoms with Gasteiger partial charge in [-0.1, -0.05) is 6.07 Å². The highest BCUT2D eigenvalue weighted by atomic mass is 32.2. The minimum Gasteiger partial charge on any atom is -0.326 e. The van der Waals surface area contributed by atoms with E-state index in [0.717, 1.165) is 6.26 Å². The fraction of sp³-hybridized carbons (Fsp3) is 0.250. The molecule has 0 atom stereocenters. The lowest BCUT2D eigenvalue weighted by Crippen LogP contribution is -2.11. The molecule has 0 amide bonds. The third-order valence-corrected chi connectivity index (χ3v) is 2.38. The van der Waals surface area contributed by atoms with Crippen LogP contribution in [0, 0.1) is 10.1 Å². The van der Waals surface area contributed by atoms with Crippen molar-refractivity contribution in [2.45, 2.75) is 6.54 Å². The summed E-state index contributed by atoms with van der Waals surface area (Å²) in [6.07, 6.45) is 0.924. The Morgan fingerprint density at radius 3 is 2.56 bits per heavy atom. The molecule has 0 heterocycles. The van der Waals surface area contributed by atoms with Gasteiger partial charge in [0.25, 0.3) is 5.69 Å². The summed E-state index contributed by atoms with van der Waals surface area (Å²) in [5, 5.41) is 10.7. The van der Waals surface area contributed by atoms with Gasteiger partial charge in [-0.05, 0) is 11.6 Å². The molecule has 8 heteroatoms. The first-order valence-corrected chi connectivity index (χ1v) is 6.18. The molecular formula is C8H11N3O4S. The zero-order valence-electron chi connectivity index (χ0n) is 8.50. The van der Waals surface area contributed by atoms with Crippen molar-refractivity contribution >= 4 is 21.4 Å². The maximum Gasteiger partial charge on any atom is 0.293 e. The largest absolute Gasteiger partial charge is 0.326 e. The van der Waals surface area contributed by atoms with Gasteiger partial charge in [-0.15, -0.1) is 0 Å². The summed E-state index contributed by atoms with van der Waals surface area (Å²) in [4.78, 5) is 10.0. The summed E-state index contributed by atoms with van der Waals surface area (Å²) in [5.74, 6) is 0. The minimum atomic E-state index is -3.54. The van der Waals surface area contributed by atoms with Crippen molar-refractivity contribution in [2.75, 3.05) is 11.0 Å². The molecule has 1 aromatic carbocycles. The third-order valence-electron chi connectivity index (χ3n) is 1.79. The molecule has 0 aliphatic carbocycles. The average molecular weight is 245 g/mol. The molecule has 0 aliphatic heterocycles. The van der Waals surface area contributed by atoms with Crippen molar-refractivity contribution in [3.05, 3.63) is 33.9 Å². The number of nitro groups is 1. The number of hydrogen-bond acceptors (Lipinski definition) is 5. The zero-order chi connectivity index (χ0) is 12.3. The number of nitrogens with two attached hydrogens (primary N) is 1. The molecule has 1 aromatic rings. The third kappa shape index (κ3) is 3.17. The summed E-state index contributed by atoms with van der Waals surface area (Å²) >= 11 is 0. The summed E-state index contributed by atoms with van der Waals surface area (Å²) in [5.41, 5.74) is 5.52. The second-order valence-electron chi connectivity index (χ2n) is 3.19. The Kier molecular flexibility index (Phi) is 3.45. The van der Waals surface area contributed by atoms with Gasteiger partial charge in [0, 0.05) is 12.6 Å².